The van der Waals surface area contributed by atoms with Crippen LogP contribution >= 0.6 is 0 Å². The minimum Gasteiger partial charge on any atom is -0.469 e. The molecule has 0 aromatic carbocycles. The first-order chi connectivity index (χ1) is 7.06. The molecule has 0 aromatic heterocycles. The third-order valence-corrected chi connectivity index (χ3v) is 2.84. The molecule has 0 N–H and O–H groups in total. The topological polar surface area (TPSA) is 46.6 Å². The molecule has 1 rings (SSSR count). The maximum Gasteiger partial charge on any atom is 0.308 e. The van der Waals surface area contributed by atoms with Gasteiger partial charge in [0.25, 0.3) is 0 Å². The van der Waals surface area contributed by atoms with Crippen LogP contribution in [0.1, 0.15) is 26.7 Å². The van der Waals surface area contributed by atoms with E-state index in [1.54, 1.807) is 0 Å². The fourth-order valence-corrected chi connectivity index (χ4v) is 1.87. The van der Waals surface area contributed by atoms with Crippen LogP contribution in [0.4, 0.5) is 0 Å². The third kappa shape index (κ3) is 2.94. The highest BCUT2D eigenvalue weighted by Crippen LogP contribution is 2.19. The summed E-state index contributed by atoms with van der Waals surface area (Å²) in [6, 6.07) is 0. The van der Waals surface area contributed by atoms with Gasteiger partial charge in [-0.25, -0.2) is 0 Å². The summed E-state index contributed by atoms with van der Waals surface area (Å²) in [5.41, 5.74) is 0. The van der Waals surface area contributed by atoms with Gasteiger partial charge in [0.1, 0.15) is 0 Å². The summed E-state index contributed by atoms with van der Waals surface area (Å²) in [6.45, 7) is 5.15. The lowest BCUT2D eigenvalue weighted by atomic mass is 9.96. The summed E-state index contributed by atoms with van der Waals surface area (Å²) in [5, 5.41) is 0. The molecule has 0 atom stereocenters. The van der Waals surface area contributed by atoms with Crippen molar-refractivity contribution in [1.82, 2.24) is 4.90 Å². The molecule has 0 unspecified atom stereocenters. The van der Waals surface area contributed by atoms with Gasteiger partial charge in [0.2, 0.25) is 5.91 Å². The molecule has 0 bridgehead atoms. The number of methoxy groups -OCH3 is 1. The number of piperidine rings is 1. The van der Waals surface area contributed by atoms with Crippen molar-refractivity contribution in [3.05, 3.63) is 0 Å². The molecular weight excluding hydrogens is 194 g/mol. The summed E-state index contributed by atoms with van der Waals surface area (Å²) < 4.78 is 4.69. The van der Waals surface area contributed by atoms with E-state index in [2.05, 4.69) is 0 Å². The lowest BCUT2D eigenvalue weighted by Crippen LogP contribution is -2.42. The number of esters is 1. The smallest absolute Gasteiger partial charge is 0.308 e. The SMILES string of the molecule is COC(=O)C1CCN(C(=O)C(C)C)CC1. The van der Waals surface area contributed by atoms with Crippen molar-refractivity contribution in [2.75, 3.05) is 20.2 Å². The summed E-state index contributed by atoms with van der Waals surface area (Å²) in [7, 11) is 1.41. The zero-order valence-corrected chi connectivity index (χ0v) is 9.66. The highest BCUT2D eigenvalue weighted by atomic mass is 16.5. The molecule has 0 radical (unpaired) electrons. The minimum atomic E-state index is -0.147. The van der Waals surface area contributed by atoms with Crippen LogP contribution in [0.3, 0.4) is 0 Å². The number of ether oxygens (including phenoxy) is 1. The van der Waals surface area contributed by atoms with E-state index in [1.807, 2.05) is 18.7 Å². The highest BCUT2D eigenvalue weighted by Gasteiger charge is 2.28. The largest absolute Gasteiger partial charge is 0.469 e. The average molecular weight is 213 g/mol. The minimum absolute atomic E-state index is 0.0220. The highest BCUT2D eigenvalue weighted by molar-refractivity contribution is 5.79. The van der Waals surface area contributed by atoms with E-state index in [-0.39, 0.29) is 23.7 Å². The Morgan fingerprint density at radius 1 is 1.27 bits per heavy atom. The van der Waals surface area contributed by atoms with Gasteiger partial charge in [-0.05, 0) is 12.8 Å². The second kappa shape index (κ2) is 5.14. The van der Waals surface area contributed by atoms with Crippen LogP contribution in [-0.2, 0) is 14.3 Å². The van der Waals surface area contributed by atoms with E-state index in [9.17, 15) is 9.59 Å². The van der Waals surface area contributed by atoms with Gasteiger partial charge in [0.05, 0.1) is 13.0 Å². The molecule has 15 heavy (non-hydrogen) atoms. The van der Waals surface area contributed by atoms with Crippen LogP contribution in [-0.4, -0.2) is 37.0 Å². The molecule has 0 spiro atoms. The van der Waals surface area contributed by atoms with Gasteiger partial charge in [0.15, 0.2) is 0 Å². The number of carbonyl (C=O) groups is 2. The van der Waals surface area contributed by atoms with Gasteiger partial charge in [-0.1, -0.05) is 13.8 Å². The molecule has 1 heterocycles. The standard InChI is InChI=1S/C11H19NO3/c1-8(2)10(13)12-6-4-9(5-7-12)11(14)15-3/h8-9H,4-7H2,1-3H3. The number of hydrogen-bond acceptors (Lipinski definition) is 3. The van der Waals surface area contributed by atoms with E-state index in [0.717, 1.165) is 12.8 Å². The van der Waals surface area contributed by atoms with E-state index >= 15 is 0 Å². The second-order valence-corrected chi connectivity index (χ2v) is 4.28. The summed E-state index contributed by atoms with van der Waals surface area (Å²) in [4.78, 5) is 24.7. The predicted molar refractivity (Wildman–Crippen MR) is 56.2 cm³/mol. The predicted octanol–water partition coefficient (Wildman–Crippen LogP) is 1.05. The first kappa shape index (κ1) is 12.0. The Balaban J connectivity index is 2.42. The Labute approximate surface area is 90.6 Å². The zero-order valence-electron chi connectivity index (χ0n) is 9.66. The third-order valence-electron chi connectivity index (χ3n) is 2.84. The Kier molecular flexibility index (Phi) is 4.12. The normalized spacial score (nSPS) is 18.0. The fourth-order valence-electron chi connectivity index (χ4n) is 1.87. The molecule has 0 aliphatic carbocycles. The molecule has 1 aliphatic rings. The monoisotopic (exact) mass is 213 g/mol. The van der Waals surface area contributed by atoms with Crippen LogP contribution in [0.2, 0.25) is 0 Å². The van der Waals surface area contributed by atoms with Crippen molar-refractivity contribution < 1.29 is 14.3 Å². The molecule has 1 saturated heterocycles. The maximum absolute atomic E-state index is 11.7. The Bertz CT molecular complexity index is 242. The first-order valence-corrected chi connectivity index (χ1v) is 5.43. The van der Waals surface area contributed by atoms with E-state index < -0.39 is 0 Å². The van der Waals surface area contributed by atoms with Gasteiger partial charge >= 0.3 is 5.97 Å². The molecule has 0 saturated carbocycles. The zero-order chi connectivity index (χ0) is 11.4. The number of rotatable bonds is 2. The van der Waals surface area contributed by atoms with Crippen molar-refractivity contribution in [3.63, 3.8) is 0 Å². The first-order valence-electron chi connectivity index (χ1n) is 5.43. The van der Waals surface area contributed by atoms with Gasteiger partial charge < -0.3 is 9.64 Å². The van der Waals surface area contributed by atoms with E-state index in [0.29, 0.717) is 13.1 Å². The lowest BCUT2D eigenvalue weighted by Gasteiger charge is -2.31. The van der Waals surface area contributed by atoms with Crippen LogP contribution in [0.15, 0.2) is 0 Å². The molecule has 1 amide bonds. The van der Waals surface area contributed by atoms with Gasteiger partial charge in [-0.15, -0.1) is 0 Å². The molecular formula is C11H19NO3. The number of hydrogen-bond donors (Lipinski definition) is 0. The average Bonchev–Trinajstić information content (AvgIpc) is 2.27. The van der Waals surface area contributed by atoms with Crippen LogP contribution in [0, 0.1) is 11.8 Å². The van der Waals surface area contributed by atoms with E-state index in [4.69, 9.17) is 4.74 Å². The van der Waals surface area contributed by atoms with Crippen LogP contribution in [0.25, 0.3) is 0 Å². The Morgan fingerprint density at radius 3 is 2.20 bits per heavy atom. The van der Waals surface area contributed by atoms with Crippen molar-refractivity contribution >= 4 is 11.9 Å². The summed E-state index contributed by atoms with van der Waals surface area (Å²) >= 11 is 0. The molecule has 1 aliphatic heterocycles. The lowest BCUT2D eigenvalue weighted by molar-refractivity contribution is -0.149. The molecule has 86 valence electrons. The van der Waals surface area contributed by atoms with Crippen molar-refractivity contribution in [2.24, 2.45) is 11.8 Å². The van der Waals surface area contributed by atoms with Crippen LogP contribution in [0.5, 0.6) is 0 Å². The van der Waals surface area contributed by atoms with Crippen molar-refractivity contribution in [2.45, 2.75) is 26.7 Å². The van der Waals surface area contributed by atoms with Crippen molar-refractivity contribution in [3.8, 4) is 0 Å². The number of likely N-dealkylation sites (tertiary alicyclic amines) is 1. The van der Waals surface area contributed by atoms with Crippen LogP contribution < -0.4 is 0 Å². The summed E-state index contributed by atoms with van der Waals surface area (Å²) in [5.74, 6) is 0.0517. The van der Waals surface area contributed by atoms with Gasteiger partial charge in [-0.2, -0.15) is 0 Å². The van der Waals surface area contributed by atoms with Crippen molar-refractivity contribution in [1.29, 1.82) is 0 Å². The fraction of sp³-hybridized carbons (Fsp3) is 0.818. The molecule has 1 fully saturated rings. The number of amides is 1. The van der Waals surface area contributed by atoms with E-state index in [1.165, 1.54) is 7.11 Å². The Hall–Kier alpha value is -1.06. The quantitative estimate of drug-likeness (QED) is 0.644. The molecule has 4 heteroatoms. The van der Waals surface area contributed by atoms with Gasteiger partial charge in [-0.3, -0.25) is 9.59 Å². The second-order valence-electron chi connectivity index (χ2n) is 4.28. The van der Waals surface area contributed by atoms with Gasteiger partial charge in [0, 0.05) is 19.0 Å². The summed E-state index contributed by atoms with van der Waals surface area (Å²) in [6.07, 6.45) is 1.45. The number of nitrogens with zero attached hydrogens (tertiary/aromatic N) is 1. The molecule has 4 nitrogen and oxygen atoms in total. The molecule has 0 aromatic rings. The maximum atomic E-state index is 11.7. The number of carbonyl (C=O) groups excluding carboxylic acids is 2. The Morgan fingerprint density at radius 2 is 1.80 bits per heavy atom.